The normalized spacial score (nSPS) is 10.7. The van der Waals surface area contributed by atoms with E-state index in [9.17, 15) is 15.2 Å². The molecule has 0 saturated carbocycles. The predicted molar refractivity (Wildman–Crippen MR) is 125 cm³/mol. The summed E-state index contributed by atoms with van der Waals surface area (Å²) in [5, 5.41) is 30.8. The van der Waals surface area contributed by atoms with Gasteiger partial charge in [-0.3, -0.25) is 10.1 Å². The number of nitro groups is 1. The third-order valence-corrected chi connectivity index (χ3v) is 4.27. The van der Waals surface area contributed by atoms with Crippen molar-refractivity contribution in [2.24, 2.45) is 5.10 Å². The lowest BCUT2D eigenvalue weighted by molar-refractivity contribution is -0.385. The lowest BCUT2D eigenvalue weighted by atomic mass is 10.2. The van der Waals surface area contributed by atoms with E-state index in [4.69, 9.17) is 0 Å². The number of nitrogens with one attached hydrogen (secondary N) is 3. The molecular weight excluding hydrogens is 424 g/mol. The summed E-state index contributed by atoms with van der Waals surface area (Å²) in [4.78, 5) is 23.3. The zero-order valence-corrected chi connectivity index (χ0v) is 17.1. The quantitative estimate of drug-likeness (QED) is 0.177. The van der Waals surface area contributed by atoms with Gasteiger partial charge >= 0.3 is 5.69 Å². The maximum absolute atomic E-state index is 11.0. The van der Waals surface area contributed by atoms with E-state index in [-0.39, 0.29) is 17.8 Å². The van der Waals surface area contributed by atoms with Crippen molar-refractivity contribution in [1.82, 2.24) is 15.0 Å². The van der Waals surface area contributed by atoms with Crippen LogP contribution in [0.1, 0.15) is 5.56 Å². The fourth-order valence-corrected chi connectivity index (χ4v) is 2.77. The summed E-state index contributed by atoms with van der Waals surface area (Å²) in [5.41, 5.74) is 4.28. The Labute approximate surface area is 188 Å². The first-order valence-electron chi connectivity index (χ1n) is 9.73. The highest BCUT2D eigenvalue weighted by Gasteiger charge is 2.13. The molecule has 0 unspecified atom stereocenters. The van der Waals surface area contributed by atoms with Crippen molar-refractivity contribution in [3.8, 4) is 5.75 Å². The first kappa shape index (κ1) is 21.2. The van der Waals surface area contributed by atoms with Crippen LogP contribution in [0.5, 0.6) is 5.75 Å². The number of benzene rings is 3. The van der Waals surface area contributed by atoms with E-state index in [0.717, 1.165) is 11.4 Å². The number of para-hydroxylation sites is 2. The molecule has 0 aliphatic carbocycles. The fourth-order valence-electron chi connectivity index (χ4n) is 2.77. The Hall–Kier alpha value is -5.06. The Bertz CT molecular complexity index is 1220. The third-order valence-electron chi connectivity index (χ3n) is 4.27. The summed E-state index contributed by atoms with van der Waals surface area (Å²) < 4.78 is 0. The maximum atomic E-state index is 11.0. The van der Waals surface area contributed by atoms with Gasteiger partial charge in [-0.25, -0.2) is 5.43 Å². The second-order valence-corrected chi connectivity index (χ2v) is 6.66. The molecule has 0 amide bonds. The van der Waals surface area contributed by atoms with Crippen molar-refractivity contribution >= 4 is 41.1 Å². The molecule has 4 aromatic rings. The van der Waals surface area contributed by atoms with Crippen molar-refractivity contribution in [3.63, 3.8) is 0 Å². The molecule has 4 N–H and O–H groups in total. The number of nitrogens with zero attached hydrogens (tertiary/aromatic N) is 5. The molecular formula is C22H18N8O3. The van der Waals surface area contributed by atoms with Gasteiger partial charge < -0.3 is 15.7 Å². The smallest absolute Gasteiger partial charge is 0.311 e. The van der Waals surface area contributed by atoms with Crippen molar-refractivity contribution < 1.29 is 10.0 Å². The molecule has 33 heavy (non-hydrogen) atoms. The van der Waals surface area contributed by atoms with Gasteiger partial charge in [-0.15, -0.1) is 0 Å². The van der Waals surface area contributed by atoms with Gasteiger partial charge in [0, 0.05) is 23.0 Å². The average molecular weight is 442 g/mol. The predicted octanol–water partition coefficient (Wildman–Crippen LogP) is 4.42. The van der Waals surface area contributed by atoms with Crippen LogP contribution in [0.4, 0.5) is 34.9 Å². The van der Waals surface area contributed by atoms with E-state index in [1.807, 2.05) is 60.7 Å². The van der Waals surface area contributed by atoms with Crippen LogP contribution in [-0.4, -0.2) is 31.2 Å². The zero-order valence-electron chi connectivity index (χ0n) is 17.1. The molecule has 0 aliphatic heterocycles. The Morgan fingerprint density at radius 2 is 1.36 bits per heavy atom. The molecule has 11 heteroatoms. The van der Waals surface area contributed by atoms with Gasteiger partial charge in [0.05, 0.1) is 11.1 Å². The lowest BCUT2D eigenvalue weighted by Crippen LogP contribution is -2.07. The van der Waals surface area contributed by atoms with Crippen LogP contribution in [0.3, 0.4) is 0 Å². The molecule has 0 aliphatic rings. The maximum Gasteiger partial charge on any atom is 0.311 e. The van der Waals surface area contributed by atoms with Crippen LogP contribution in [0.2, 0.25) is 0 Å². The monoisotopic (exact) mass is 442 g/mol. The number of hydrogen-bond donors (Lipinski definition) is 4. The molecule has 3 aromatic carbocycles. The highest BCUT2D eigenvalue weighted by molar-refractivity contribution is 5.82. The van der Waals surface area contributed by atoms with Crippen molar-refractivity contribution in [1.29, 1.82) is 0 Å². The van der Waals surface area contributed by atoms with Crippen molar-refractivity contribution in [2.45, 2.75) is 0 Å². The molecule has 1 aromatic heterocycles. The molecule has 164 valence electrons. The number of phenols is 1. The van der Waals surface area contributed by atoms with E-state index < -0.39 is 16.4 Å². The fraction of sp³-hybridized carbons (Fsp3) is 0. The molecule has 0 spiro atoms. The first-order valence-corrected chi connectivity index (χ1v) is 9.73. The van der Waals surface area contributed by atoms with E-state index in [1.165, 1.54) is 24.4 Å². The minimum atomic E-state index is -0.671. The minimum absolute atomic E-state index is 0.145. The number of phenolic OH excluding ortho intramolecular Hbond substituents is 1. The van der Waals surface area contributed by atoms with Gasteiger partial charge in [0.2, 0.25) is 17.8 Å². The molecule has 1 heterocycles. The Balaban J connectivity index is 1.57. The van der Waals surface area contributed by atoms with Gasteiger partial charge in [-0.2, -0.15) is 20.1 Å². The zero-order chi connectivity index (χ0) is 23.0. The van der Waals surface area contributed by atoms with Gasteiger partial charge in [0.25, 0.3) is 0 Å². The molecule has 0 fully saturated rings. The average Bonchev–Trinajstić information content (AvgIpc) is 2.81. The van der Waals surface area contributed by atoms with Crippen LogP contribution in [0.25, 0.3) is 0 Å². The largest absolute Gasteiger partial charge is 0.502 e. The van der Waals surface area contributed by atoms with E-state index >= 15 is 0 Å². The number of hydrazone groups is 1. The number of aromatic hydroxyl groups is 1. The minimum Gasteiger partial charge on any atom is -0.502 e. The first-order chi connectivity index (χ1) is 16.1. The topological polar surface area (TPSA) is 150 Å². The Kier molecular flexibility index (Phi) is 6.31. The Morgan fingerprint density at radius 1 is 0.818 bits per heavy atom. The van der Waals surface area contributed by atoms with Gasteiger partial charge in [-0.1, -0.05) is 36.4 Å². The number of nitro benzene ring substituents is 1. The molecule has 0 bridgehead atoms. The van der Waals surface area contributed by atoms with Crippen molar-refractivity contribution in [2.75, 3.05) is 16.1 Å². The van der Waals surface area contributed by atoms with Crippen LogP contribution in [-0.2, 0) is 0 Å². The number of aromatic nitrogens is 3. The van der Waals surface area contributed by atoms with Crippen LogP contribution >= 0.6 is 0 Å². The second kappa shape index (κ2) is 9.83. The number of hydrogen-bond acceptors (Lipinski definition) is 10. The SMILES string of the molecule is O=[N+]([O-])c1cc(C=NNc2nc(Nc3ccccc3)nc(Nc3ccccc3)n2)ccc1O. The summed E-state index contributed by atoms with van der Waals surface area (Å²) in [6, 6.07) is 22.7. The van der Waals surface area contributed by atoms with Crippen LogP contribution in [0.15, 0.2) is 84.0 Å². The van der Waals surface area contributed by atoms with E-state index in [0.29, 0.717) is 5.56 Å². The Morgan fingerprint density at radius 3 is 1.91 bits per heavy atom. The summed E-state index contributed by atoms with van der Waals surface area (Å²) in [7, 11) is 0. The summed E-state index contributed by atoms with van der Waals surface area (Å²) in [6.07, 6.45) is 1.35. The third kappa shape index (κ3) is 5.76. The second-order valence-electron chi connectivity index (χ2n) is 6.66. The molecule has 0 saturated heterocycles. The highest BCUT2D eigenvalue weighted by atomic mass is 16.6. The van der Waals surface area contributed by atoms with Crippen LogP contribution < -0.4 is 16.1 Å². The molecule has 4 rings (SSSR count). The van der Waals surface area contributed by atoms with Crippen LogP contribution in [0, 0.1) is 10.1 Å². The highest BCUT2D eigenvalue weighted by Crippen LogP contribution is 2.25. The van der Waals surface area contributed by atoms with Gasteiger partial charge in [-0.05, 0) is 36.4 Å². The lowest BCUT2D eigenvalue weighted by Gasteiger charge is -2.10. The molecule has 0 radical (unpaired) electrons. The molecule has 0 atom stereocenters. The number of anilines is 5. The summed E-state index contributed by atoms with van der Waals surface area (Å²) in [5.74, 6) is 0.294. The van der Waals surface area contributed by atoms with E-state index in [2.05, 4.69) is 36.1 Å². The number of rotatable bonds is 8. The summed E-state index contributed by atoms with van der Waals surface area (Å²) >= 11 is 0. The van der Waals surface area contributed by atoms with Gasteiger partial charge in [0.1, 0.15) is 0 Å². The van der Waals surface area contributed by atoms with Crippen molar-refractivity contribution in [3.05, 3.63) is 94.5 Å². The van der Waals surface area contributed by atoms with E-state index in [1.54, 1.807) is 0 Å². The standard InChI is InChI=1S/C22H18N8O3/c31-19-12-11-15(13-18(19)30(32)33)14-23-29-22-27-20(24-16-7-3-1-4-8-16)26-21(28-22)25-17-9-5-2-6-10-17/h1-14,31H,(H3,24,25,26,27,28,29). The molecule has 11 nitrogen and oxygen atoms in total. The van der Waals surface area contributed by atoms with Gasteiger partial charge in [0.15, 0.2) is 5.75 Å². The summed E-state index contributed by atoms with van der Waals surface area (Å²) in [6.45, 7) is 0.